The van der Waals surface area contributed by atoms with Gasteiger partial charge in [-0.05, 0) is 80.6 Å². The fourth-order valence-corrected chi connectivity index (χ4v) is 6.78. The fraction of sp³-hybridized carbons (Fsp3) is 0.387. The third kappa shape index (κ3) is 9.10. The van der Waals surface area contributed by atoms with Crippen molar-refractivity contribution in [3.63, 3.8) is 0 Å². The number of carbonyl (C=O) groups excluding carboxylic acids is 1. The number of benzene rings is 3. The number of halogens is 1. The Bertz CT molecular complexity index is 1260. The monoisotopic (exact) mass is 600 g/mol. The lowest BCUT2D eigenvalue weighted by Gasteiger charge is -2.47. The SMILES string of the molecule is CCNc1cc(C(=O)N[C@@H](Cc2ccccc2)[C@H](O)CNCCc2ccc(Cl)cc2)cc(N2CCCCS2(O)O)c1. The zero-order chi connectivity index (χ0) is 29.2. The second-order valence-corrected chi connectivity index (χ2v) is 12.9. The van der Waals surface area contributed by atoms with Crippen LogP contribution in [-0.2, 0) is 12.8 Å². The Morgan fingerprint density at radius 1 is 1.02 bits per heavy atom. The number of anilines is 2. The van der Waals surface area contributed by atoms with Crippen molar-refractivity contribution >= 4 is 39.7 Å². The third-order valence-electron chi connectivity index (χ3n) is 7.17. The first-order chi connectivity index (χ1) is 19.7. The van der Waals surface area contributed by atoms with Gasteiger partial charge in [0, 0.05) is 35.9 Å². The average molecular weight is 601 g/mol. The first-order valence-corrected chi connectivity index (χ1v) is 16.2. The number of carbonyl (C=O) groups is 1. The van der Waals surface area contributed by atoms with Crippen molar-refractivity contribution in [2.24, 2.45) is 0 Å². The summed E-state index contributed by atoms with van der Waals surface area (Å²) in [6, 6.07) is 22.2. The van der Waals surface area contributed by atoms with Crippen LogP contribution in [-0.4, -0.2) is 64.2 Å². The van der Waals surface area contributed by atoms with Crippen molar-refractivity contribution in [3.8, 4) is 0 Å². The number of rotatable bonds is 13. The summed E-state index contributed by atoms with van der Waals surface area (Å²) in [5, 5.41) is 21.5. The molecule has 1 aliphatic heterocycles. The minimum Gasteiger partial charge on any atom is -0.390 e. The third-order valence-corrected chi connectivity index (χ3v) is 9.36. The molecule has 1 amide bonds. The Labute approximate surface area is 249 Å². The maximum absolute atomic E-state index is 13.6. The zero-order valence-corrected chi connectivity index (χ0v) is 25.0. The Balaban J connectivity index is 1.48. The van der Waals surface area contributed by atoms with Crippen LogP contribution < -0.4 is 20.3 Å². The lowest BCUT2D eigenvalue weighted by Crippen LogP contribution is -2.49. The number of hydrogen-bond acceptors (Lipinski definition) is 7. The number of nitrogens with zero attached hydrogens (tertiary/aromatic N) is 1. The topological polar surface area (TPSA) is 117 Å². The van der Waals surface area contributed by atoms with Crippen molar-refractivity contribution in [1.82, 2.24) is 10.6 Å². The van der Waals surface area contributed by atoms with Crippen LogP contribution >= 0.6 is 22.4 Å². The normalized spacial score (nSPS) is 17.0. The van der Waals surface area contributed by atoms with Gasteiger partial charge in [-0.15, -0.1) is 10.8 Å². The van der Waals surface area contributed by atoms with Gasteiger partial charge in [-0.25, -0.2) is 0 Å². The minimum atomic E-state index is -2.94. The number of nitrogens with one attached hydrogen (secondary N) is 3. The van der Waals surface area contributed by atoms with Crippen molar-refractivity contribution in [2.75, 3.05) is 41.6 Å². The highest BCUT2D eigenvalue weighted by molar-refractivity contribution is 8.25. The van der Waals surface area contributed by atoms with E-state index in [9.17, 15) is 19.0 Å². The van der Waals surface area contributed by atoms with E-state index >= 15 is 0 Å². The lowest BCUT2D eigenvalue weighted by atomic mass is 10.00. The molecule has 2 atom stereocenters. The predicted molar refractivity (Wildman–Crippen MR) is 170 cm³/mol. The second-order valence-electron chi connectivity index (χ2n) is 10.4. The Morgan fingerprint density at radius 2 is 1.78 bits per heavy atom. The van der Waals surface area contributed by atoms with Crippen LogP contribution in [0, 0.1) is 0 Å². The molecule has 0 aliphatic carbocycles. The van der Waals surface area contributed by atoms with E-state index in [1.807, 2.05) is 67.6 Å². The van der Waals surface area contributed by atoms with E-state index in [2.05, 4.69) is 16.0 Å². The van der Waals surface area contributed by atoms with Gasteiger partial charge in [0.15, 0.2) is 0 Å². The summed E-state index contributed by atoms with van der Waals surface area (Å²) in [5.41, 5.74) is 3.85. The molecule has 0 saturated carbocycles. The van der Waals surface area contributed by atoms with Gasteiger partial charge in [-0.1, -0.05) is 54.1 Å². The van der Waals surface area contributed by atoms with Gasteiger partial charge in [0.1, 0.15) is 0 Å². The molecule has 0 spiro atoms. The van der Waals surface area contributed by atoms with E-state index in [-0.39, 0.29) is 5.91 Å². The highest BCUT2D eigenvalue weighted by Crippen LogP contribution is 2.50. The van der Waals surface area contributed by atoms with E-state index in [1.54, 1.807) is 16.4 Å². The average Bonchev–Trinajstić information content (AvgIpc) is 2.96. The summed E-state index contributed by atoms with van der Waals surface area (Å²) in [7, 11) is -2.94. The number of hydrogen-bond donors (Lipinski definition) is 6. The van der Waals surface area contributed by atoms with Gasteiger partial charge in [0.25, 0.3) is 5.91 Å². The molecule has 10 heteroatoms. The predicted octanol–water partition coefficient (Wildman–Crippen LogP) is 5.57. The van der Waals surface area contributed by atoms with Gasteiger partial charge in [0.05, 0.1) is 23.6 Å². The van der Waals surface area contributed by atoms with Crippen LogP contribution in [0.5, 0.6) is 0 Å². The van der Waals surface area contributed by atoms with E-state index < -0.39 is 22.9 Å². The Kier molecular flexibility index (Phi) is 11.3. The standard InChI is InChI=1S/C31H41ClN4O4S/c1-2-34-27-19-25(20-28(21-27)36-16-6-7-17-41(36,39)40)31(38)35-29(18-24-8-4-3-5-9-24)30(37)22-33-15-14-23-10-12-26(32)13-11-23/h3-5,8-13,19-21,29-30,33-34,37,39-40H,2,6-7,14-18,22H2,1H3,(H,35,38)/t29-,30+/m0/s1. The van der Waals surface area contributed by atoms with Gasteiger partial charge < -0.3 is 21.1 Å². The molecule has 222 valence electrons. The summed E-state index contributed by atoms with van der Waals surface area (Å²) >= 11 is 5.98. The van der Waals surface area contributed by atoms with E-state index in [0.717, 1.165) is 36.1 Å². The summed E-state index contributed by atoms with van der Waals surface area (Å²) in [5.74, 6) is -0.0169. The molecule has 41 heavy (non-hydrogen) atoms. The van der Waals surface area contributed by atoms with Crippen molar-refractivity contribution in [3.05, 3.63) is 94.5 Å². The molecular formula is C31H41ClN4O4S. The maximum Gasteiger partial charge on any atom is 0.251 e. The number of aliphatic hydroxyl groups is 1. The number of amides is 1. The number of aliphatic hydroxyl groups excluding tert-OH is 1. The molecule has 3 aromatic carbocycles. The summed E-state index contributed by atoms with van der Waals surface area (Å²) in [4.78, 5) is 13.6. The van der Waals surface area contributed by atoms with E-state index in [0.29, 0.717) is 54.6 Å². The zero-order valence-electron chi connectivity index (χ0n) is 23.4. The Hall–Kier alpha value is -2.79. The van der Waals surface area contributed by atoms with E-state index in [1.165, 1.54) is 0 Å². The molecule has 0 radical (unpaired) electrons. The summed E-state index contributed by atoms with van der Waals surface area (Å²) in [6.45, 7) is 4.10. The molecule has 6 N–H and O–H groups in total. The fourth-order valence-electron chi connectivity index (χ4n) is 4.98. The summed E-state index contributed by atoms with van der Waals surface area (Å²) < 4.78 is 23.0. The highest BCUT2D eigenvalue weighted by atomic mass is 35.5. The van der Waals surface area contributed by atoms with Gasteiger partial charge in [0.2, 0.25) is 0 Å². The van der Waals surface area contributed by atoms with Crippen LogP contribution in [0.1, 0.15) is 41.3 Å². The van der Waals surface area contributed by atoms with Crippen molar-refractivity contribution in [2.45, 2.75) is 44.8 Å². The van der Waals surface area contributed by atoms with E-state index in [4.69, 9.17) is 11.6 Å². The highest BCUT2D eigenvalue weighted by Gasteiger charge is 2.28. The molecule has 4 rings (SSSR count). The van der Waals surface area contributed by atoms with Crippen LogP contribution in [0.3, 0.4) is 0 Å². The van der Waals surface area contributed by atoms with Gasteiger partial charge in [-0.2, -0.15) is 0 Å². The van der Waals surface area contributed by atoms with Crippen LogP contribution in [0.15, 0.2) is 72.8 Å². The molecule has 3 aromatic rings. The minimum absolute atomic E-state index is 0.308. The lowest BCUT2D eigenvalue weighted by molar-refractivity contribution is 0.0831. The maximum atomic E-state index is 13.6. The molecule has 1 aliphatic rings. The molecule has 0 aromatic heterocycles. The molecular weight excluding hydrogens is 560 g/mol. The molecule has 0 bridgehead atoms. The molecule has 1 fully saturated rings. The van der Waals surface area contributed by atoms with Crippen molar-refractivity contribution < 1.29 is 19.0 Å². The van der Waals surface area contributed by atoms with Crippen LogP contribution in [0.25, 0.3) is 0 Å². The van der Waals surface area contributed by atoms with Gasteiger partial charge >= 0.3 is 0 Å². The second kappa shape index (κ2) is 14.9. The Morgan fingerprint density at radius 3 is 2.49 bits per heavy atom. The van der Waals surface area contributed by atoms with Gasteiger partial charge in [-0.3, -0.25) is 18.2 Å². The largest absolute Gasteiger partial charge is 0.390 e. The molecule has 1 heterocycles. The van der Waals surface area contributed by atoms with Crippen molar-refractivity contribution in [1.29, 1.82) is 0 Å². The summed E-state index contributed by atoms with van der Waals surface area (Å²) in [6.07, 6.45) is 2.01. The smallest absolute Gasteiger partial charge is 0.251 e. The molecule has 1 saturated heterocycles. The molecule has 0 unspecified atom stereocenters. The quantitative estimate of drug-likeness (QED) is 0.142. The van der Waals surface area contributed by atoms with Crippen LogP contribution in [0.4, 0.5) is 11.4 Å². The first-order valence-electron chi connectivity index (χ1n) is 14.2. The first kappa shape index (κ1) is 31.2. The van der Waals surface area contributed by atoms with Crippen LogP contribution in [0.2, 0.25) is 5.02 Å². The molecule has 8 nitrogen and oxygen atoms in total.